The lowest BCUT2D eigenvalue weighted by atomic mass is 9.93. The molecule has 1 aromatic heterocycles. The van der Waals surface area contributed by atoms with Gasteiger partial charge in [-0.25, -0.2) is 5.43 Å². The first-order valence-corrected chi connectivity index (χ1v) is 8.32. The number of carbonyl (C=O) groups excluding carboxylic acids is 2. The lowest BCUT2D eigenvalue weighted by molar-refractivity contribution is 0.0951. The number of hydrogen-bond acceptors (Lipinski definition) is 4. The molecule has 1 aliphatic carbocycles. The Morgan fingerprint density at radius 2 is 2.04 bits per heavy atom. The second-order valence-corrected chi connectivity index (χ2v) is 6.41. The summed E-state index contributed by atoms with van der Waals surface area (Å²) >= 11 is 3.34. The van der Waals surface area contributed by atoms with Gasteiger partial charge in [-0.15, -0.1) is 0 Å². The van der Waals surface area contributed by atoms with Crippen molar-refractivity contribution >= 4 is 33.5 Å². The van der Waals surface area contributed by atoms with E-state index in [-0.39, 0.29) is 11.7 Å². The fourth-order valence-corrected chi connectivity index (χ4v) is 3.30. The Labute approximate surface area is 147 Å². The number of hydrogen-bond donors (Lipinski definition) is 2. The SMILES string of the molecule is Cc1c(C(N)=O)oc2c1/C(=N/NC(=O)c1ccccc1Br)CCC2. The molecule has 0 spiro atoms. The molecule has 3 rings (SSSR count). The summed E-state index contributed by atoms with van der Waals surface area (Å²) in [5, 5.41) is 4.26. The number of aryl methyl sites for hydroxylation is 1. The minimum atomic E-state index is -0.599. The smallest absolute Gasteiger partial charge is 0.284 e. The molecule has 1 heterocycles. The van der Waals surface area contributed by atoms with Crippen LogP contribution in [0.2, 0.25) is 0 Å². The second kappa shape index (κ2) is 6.60. The van der Waals surface area contributed by atoms with Gasteiger partial charge < -0.3 is 10.2 Å². The van der Waals surface area contributed by atoms with E-state index >= 15 is 0 Å². The predicted octanol–water partition coefficient (Wildman–Crippen LogP) is 2.92. The summed E-state index contributed by atoms with van der Waals surface area (Å²) in [5.41, 5.74) is 10.6. The van der Waals surface area contributed by atoms with Gasteiger partial charge in [0.25, 0.3) is 11.8 Å². The maximum Gasteiger partial charge on any atom is 0.284 e. The quantitative estimate of drug-likeness (QED) is 0.789. The number of nitrogens with zero attached hydrogens (tertiary/aromatic N) is 1. The Bertz CT molecular complexity index is 855. The van der Waals surface area contributed by atoms with E-state index in [9.17, 15) is 9.59 Å². The third-order valence-electron chi connectivity index (χ3n) is 3.96. The third-order valence-corrected chi connectivity index (χ3v) is 4.65. The van der Waals surface area contributed by atoms with Crippen LogP contribution in [-0.4, -0.2) is 17.5 Å². The molecule has 3 N–H and O–H groups in total. The number of primary amides is 1. The lowest BCUT2D eigenvalue weighted by Gasteiger charge is -2.13. The fourth-order valence-electron chi connectivity index (χ4n) is 2.84. The summed E-state index contributed by atoms with van der Waals surface area (Å²) in [7, 11) is 0. The first-order chi connectivity index (χ1) is 11.5. The zero-order chi connectivity index (χ0) is 17.3. The highest BCUT2D eigenvalue weighted by atomic mass is 79.9. The van der Waals surface area contributed by atoms with E-state index in [2.05, 4.69) is 26.5 Å². The highest BCUT2D eigenvalue weighted by Crippen LogP contribution is 2.29. The molecule has 0 saturated heterocycles. The number of benzene rings is 1. The Hall–Kier alpha value is -2.41. The topological polar surface area (TPSA) is 97.7 Å². The van der Waals surface area contributed by atoms with Crippen LogP contribution in [0.3, 0.4) is 0 Å². The van der Waals surface area contributed by atoms with E-state index < -0.39 is 5.91 Å². The number of carbonyl (C=O) groups is 2. The van der Waals surface area contributed by atoms with E-state index in [1.54, 1.807) is 25.1 Å². The maximum absolute atomic E-state index is 12.3. The average molecular weight is 390 g/mol. The van der Waals surface area contributed by atoms with Gasteiger partial charge in [0.1, 0.15) is 5.76 Å². The second-order valence-electron chi connectivity index (χ2n) is 5.55. The molecule has 0 aliphatic heterocycles. The number of fused-ring (bicyclic) bond motifs is 1. The van der Waals surface area contributed by atoms with Crippen LogP contribution in [0.25, 0.3) is 0 Å². The molecular weight excluding hydrogens is 374 g/mol. The van der Waals surface area contributed by atoms with Crippen molar-refractivity contribution in [2.75, 3.05) is 0 Å². The molecule has 6 nitrogen and oxygen atoms in total. The average Bonchev–Trinajstić information content (AvgIpc) is 2.91. The van der Waals surface area contributed by atoms with Gasteiger partial charge in [0.05, 0.1) is 11.3 Å². The fraction of sp³-hybridized carbons (Fsp3) is 0.235. The van der Waals surface area contributed by atoms with Crippen LogP contribution in [0.5, 0.6) is 0 Å². The minimum absolute atomic E-state index is 0.159. The molecule has 0 unspecified atom stereocenters. The first kappa shape index (κ1) is 16.4. The summed E-state index contributed by atoms with van der Waals surface area (Å²) in [6, 6.07) is 7.12. The van der Waals surface area contributed by atoms with Crippen molar-refractivity contribution in [2.24, 2.45) is 10.8 Å². The number of halogens is 1. The lowest BCUT2D eigenvalue weighted by Crippen LogP contribution is -2.22. The van der Waals surface area contributed by atoms with Gasteiger partial charge in [-0.05, 0) is 47.8 Å². The van der Waals surface area contributed by atoms with Crippen LogP contribution < -0.4 is 11.2 Å². The van der Waals surface area contributed by atoms with Gasteiger partial charge in [-0.1, -0.05) is 12.1 Å². The Kier molecular flexibility index (Phi) is 4.53. The van der Waals surface area contributed by atoms with Crippen LogP contribution >= 0.6 is 15.9 Å². The summed E-state index contributed by atoms with van der Waals surface area (Å²) in [6.07, 6.45) is 2.25. The summed E-state index contributed by atoms with van der Waals surface area (Å²) in [5.74, 6) is -0.0509. The molecule has 0 radical (unpaired) electrons. The number of amides is 2. The molecule has 24 heavy (non-hydrogen) atoms. The Balaban J connectivity index is 1.89. The summed E-state index contributed by atoms with van der Waals surface area (Å²) < 4.78 is 6.26. The number of furan rings is 1. The first-order valence-electron chi connectivity index (χ1n) is 7.53. The maximum atomic E-state index is 12.3. The Morgan fingerprint density at radius 1 is 1.29 bits per heavy atom. The highest BCUT2D eigenvalue weighted by molar-refractivity contribution is 9.10. The van der Waals surface area contributed by atoms with Crippen LogP contribution in [0.1, 0.15) is 50.6 Å². The van der Waals surface area contributed by atoms with Crippen LogP contribution in [0.4, 0.5) is 0 Å². The number of hydrazone groups is 1. The van der Waals surface area contributed by atoms with Gasteiger partial charge in [-0.2, -0.15) is 5.10 Å². The summed E-state index contributed by atoms with van der Waals surface area (Å²) in [6.45, 7) is 1.78. The van der Waals surface area contributed by atoms with Crippen molar-refractivity contribution in [3.05, 3.63) is 56.9 Å². The molecule has 124 valence electrons. The van der Waals surface area contributed by atoms with Crippen molar-refractivity contribution < 1.29 is 14.0 Å². The van der Waals surface area contributed by atoms with Crippen molar-refractivity contribution in [1.29, 1.82) is 0 Å². The molecule has 2 amide bonds. The van der Waals surface area contributed by atoms with Gasteiger partial charge in [0.15, 0.2) is 5.76 Å². The van der Waals surface area contributed by atoms with Gasteiger partial charge in [0.2, 0.25) is 0 Å². The molecule has 2 aromatic rings. The molecule has 0 bridgehead atoms. The van der Waals surface area contributed by atoms with Gasteiger partial charge in [-0.3, -0.25) is 9.59 Å². The van der Waals surface area contributed by atoms with E-state index in [4.69, 9.17) is 10.2 Å². The zero-order valence-corrected chi connectivity index (χ0v) is 14.6. The van der Waals surface area contributed by atoms with Crippen LogP contribution in [0, 0.1) is 6.92 Å². The molecular formula is C17H16BrN3O3. The molecule has 0 saturated carbocycles. The number of rotatable bonds is 3. The minimum Gasteiger partial charge on any atom is -0.455 e. The van der Waals surface area contributed by atoms with E-state index in [1.807, 2.05) is 6.07 Å². The monoisotopic (exact) mass is 389 g/mol. The largest absolute Gasteiger partial charge is 0.455 e. The van der Waals surface area contributed by atoms with Crippen LogP contribution in [0.15, 0.2) is 38.3 Å². The summed E-state index contributed by atoms with van der Waals surface area (Å²) in [4.78, 5) is 23.7. The van der Waals surface area contributed by atoms with Crippen molar-refractivity contribution in [2.45, 2.75) is 26.2 Å². The van der Waals surface area contributed by atoms with E-state index in [0.717, 1.165) is 18.4 Å². The van der Waals surface area contributed by atoms with E-state index in [1.165, 1.54) is 0 Å². The molecule has 0 fully saturated rings. The molecule has 0 atom stereocenters. The van der Waals surface area contributed by atoms with Gasteiger partial charge in [0, 0.05) is 22.0 Å². The normalized spacial score (nSPS) is 15.2. The standard InChI is InChI=1S/C17H16BrN3O3/c1-9-14-12(7-4-8-13(14)24-15(9)16(19)22)20-21-17(23)10-5-2-3-6-11(10)18/h2-3,5-6H,4,7-8H2,1H3,(H2,19,22)(H,21,23)/b20-12+. The number of nitrogens with one attached hydrogen (secondary N) is 1. The van der Waals surface area contributed by atoms with E-state index in [0.29, 0.717) is 33.5 Å². The molecule has 7 heteroatoms. The molecule has 1 aliphatic rings. The van der Waals surface area contributed by atoms with Crippen molar-refractivity contribution in [3.8, 4) is 0 Å². The van der Waals surface area contributed by atoms with Crippen molar-refractivity contribution in [1.82, 2.24) is 5.43 Å². The molecule has 1 aromatic carbocycles. The highest BCUT2D eigenvalue weighted by Gasteiger charge is 2.27. The predicted molar refractivity (Wildman–Crippen MR) is 93.0 cm³/mol. The number of nitrogens with two attached hydrogens (primary N) is 1. The third kappa shape index (κ3) is 2.99. The zero-order valence-electron chi connectivity index (χ0n) is 13.1. The van der Waals surface area contributed by atoms with Gasteiger partial charge >= 0.3 is 0 Å². The Morgan fingerprint density at radius 3 is 2.75 bits per heavy atom. The van der Waals surface area contributed by atoms with Crippen LogP contribution in [-0.2, 0) is 6.42 Å². The van der Waals surface area contributed by atoms with Crippen molar-refractivity contribution in [3.63, 3.8) is 0 Å².